The smallest absolute Gasteiger partial charge is 0.184 e. The SMILES string of the molecule is O=C1C(=CC=C2C=C(c3ccccc3)SC(c3ccccc3)=C2)CCCC1=CC=C1C=C(c2ccccc2)SC(c2ccccc2)=C1. The molecule has 228 valence electrons. The van der Waals surface area contributed by atoms with Crippen LogP contribution in [0.2, 0.25) is 0 Å². The minimum Gasteiger partial charge on any atom is -0.289 e. The number of hydrogen-bond acceptors (Lipinski definition) is 3. The minimum absolute atomic E-state index is 0.152. The van der Waals surface area contributed by atoms with E-state index in [-0.39, 0.29) is 5.78 Å². The van der Waals surface area contributed by atoms with Crippen LogP contribution in [-0.4, -0.2) is 5.78 Å². The lowest BCUT2D eigenvalue weighted by Gasteiger charge is -2.18. The van der Waals surface area contributed by atoms with Crippen LogP contribution in [0.15, 0.2) is 192 Å². The van der Waals surface area contributed by atoms with Crippen molar-refractivity contribution in [3.8, 4) is 0 Å². The lowest BCUT2D eigenvalue weighted by molar-refractivity contribution is -0.113. The van der Waals surface area contributed by atoms with E-state index < -0.39 is 0 Å². The van der Waals surface area contributed by atoms with Gasteiger partial charge in [0.1, 0.15) is 0 Å². The van der Waals surface area contributed by atoms with Crippen molar-refractivity contribution in [2.24, 2.45) is 0 Å². The second-order valence-electron chi connectivity index (χ2n) is 11.6. The van der Waals surface area contributed by atoms with Crippen molar-refractivity contribution in [2.75, 3.05) is 0 Å². The molecule has 1 nitrogen and oxygen atoms in total. The van der Waals surface area contributed by atoms with E-state index in [4.69, 9.17) is 0 Å². The van der Waals surface area contributed by atoms with Crippen molar-refractivity contribution in [3.63, 3.8) is 0 Å². The van der Waals surface area contributed by atoms with E-state index in [9.17, 15) is 4.79 Å². The van der Waals surface area contributed by atoms with Crippen LogP contribution in [0.5, 0.6) is 0 Å². The molecule has 47 heavy (non-hydrogen) atoms. The summed E-state index contributed by atoms with van der Waals surface area (Å²) in [7, 11) is 0. The Hall–Kier alpha value is -4.83. The quantitative estimate of drug-likeness (QED) is 0.195. The standard InChI is InChI=1S/C44H34OS2/c45-44-38(26-24-32-28-40(34-14-5-1-6-15-34)46-41(29-32)35-16-7-2-8-17-35)22-13-23-39(44)27-25-33-30-42(36-18-9-3-10-19-36)47-43(31-33)37-20-11-4-12-21-37/h1-12,14-21,24-31H,13,22-23H2. The molecule has 3 aliphatic rings. The number of benzene rings is 4. The Bertz CT molecular complexity index is 1760. The van der Waals surface area contributed by atoms with Crippen molar-refractivity contribution in [2.45, 2.75) is 19.3 Å². The molecule has 2 aliphatic heterocycles. The highest BCUT2D eigenvalue weighted by atomic mass is 32.2. The number of allylic oxidation sites excluding steroid dienone is 12. The van der Waals surface area contributed by atoms with Gasteiger partial charge in [-0.05, 0) is 88.1 Å². The molecule has 0 aromatic heterocycles. The van der Waals surface area contributed by atoms with E-state index in [1.54, 1.807) is 23.5 Å². The molecule has 0 amide bonds. The van der Waals surface area contributed by atoms with Crippen molar-refractivity contribution in [1.29, 1.82) is 0 Å². The van der Waals surface area contributed by atoms with Gasteiger partial charge >= 0.3 is 0 Å². The Balaban J connectivity index is 1.19. The zero-order valence-corrected chi connectivity index (χ0v) is 27.6. The molecular formula is C44H34OS2. The summed E-state index contributed by atoms with van der Waals surface area (Å²) < 4.78 is 0. The fourth-order valence-electron chi connectivity index (χ4n) is 5.83. The highest BCUT2D eigenvalue weighted by molar-refractivity contribution is 8.17. The van der Waals surface area contributed by atoms with Gasteiger partial charge in [0.15, 0.2) is 5.78 Å². The lowest BCUT2D eigenvalue weighted by atomic mass is 9.88. The van der Waals surface area contributed by atoms with Crippen LogP contribution in [-0.2, 0) is 4.79 Å². The van der Waals surface area contributed by atoms with Gasteiger partial charge < -0.3 is 0 Å². The van der Waals surface area contributed by atoms with Gasteiger partial charge in [-0.2, -0.15) is 0 Å². The van der Waals surface area contributed by atoms with Gasteiger partial charge in [-0.25, -0.2) is 0 Å². The van der Waals surface area contributed by atoms with Crippen LogP contribution in [0.25, 0.3) is 19.6 Å². The van der Waals surface area contributed by atoms with Gasteiger partial charge in [-0.1, -0.05) is 169 Å². The van der Waals surface area contributed by atoms with Crippen molar-refractivity contribution < 1.29 is 4.79 Å². The third-order valence-electron chi connectivity index (χ3n) is 8.29. The predicted molar refractivity (Wildman–Crippen MR) is 204 cm³/mol. The fourth-order valence-corrected chi connectivity index (χ4v) is 8.10. The first kappa shape index (κ1) is 30.8. The summed E-state index contributed by atoms with van der Waals surface area (Å²) in [5.41, 5.74) is 8.71. The first-order valence-electron chi connectivity index (χ1n) is 16.0. The van der Waals surface area contributed by atoms with E-state index in [0.29, 0.717) is 0 Å². The van der Waals surface area contributed by atoms with E-state index in [1.165, 1.54) is 41.9 Å². The number of thioether (sulfide) groups is 2. The van der Waals surface area contributed by atoms with Gasteiger partial charge in [-0.3, -0.25) is 4.79 Å². The van der Waals surface area contributed by atoms with Gasteiger partial charge in [0.05, 0.1) is 0 Å². The third-order valence-corrected chi connectivity index (χ3v) is 10.6. The Morgan fingerprint density at radius 2 is 0.702 bits per heavy atom. The maximum Gasteiger partial charge on any atom is 0.184 e. The molecule has 0 atom stereocenters. The molecule has 3 heteroatoms. The van der Waals surface area contributed by atoms with E-state index in [2.05, 4.69) is 134 Å². The third kappa shape index (κ3) is 7.60. The van der Waals surface area contributed by atoms with Crippen LogP contribution >= 0.6 is 23.5 Å². The zero-order valence-electron chi connectivity index (χ0n) is 26.0. The van der Waals surface area contributed by atoms with Crippen LogP contribution in [0, 0.1) is 0 Å². The molecule has 4 aromatic rings. The molecule has 0 saturated heterocycles. The summed E-state index contributed by atoms with van der Waals surface area (Å²) >= 11 is 3.58. The molecular weight excluding hydrogens is 609 g/mol. The van der Waals surface area contributed by atoms with Crippen molar-refractivity contribution >= 4 is 48.9 Å². The Labute approximate surface area is 286 Å². The first-order valence-corrected chi connectivity index (χ1v) is 17.6. The van der Waals surface area contributed by atoms with Crippen LogP contribution < -0.4 is 0 Å². The predicted octanol–water partition coefficient (Wildman–Crippen LogP) is 12.1. The second-order valence-corrected chi connectivity index (χ2v) is 13.8. The van der Waals surface area contributed by atoms with E-state index >= 15 is 0 Å². The summed E-state index contributed by atoms with van der Waals surface area (Å²) in [6, 6.07) is 42.0. The summed E-state index contributed by atoms with van der Waals surface area (Å²) in [6.07, 6.45) is 19.8. The molecule has 0 spiro atoms. The van der Waals surface area contributed by atoms with Crippen molar-refractivity contribution in [3.05, 3.63) is 214 Å². The first-order chi connectivity index (χ1) is 23.2. The topological polar surface area (TPSA) is 17.1 Å². The number of rotatable bonds is 6. The largest absolute Gasteiger partial charge is 0.289 e. The molecule has 4 aromatic carbocycles. The molecule has 0 N–H and O–H groups in total. The van der Waals surface area contributed by atoms with Gasteiger partial charge in [0.25, 0.3) is 0 Å². The molecule has 2 heterocycles. The van der Waals surface area contributed by atoms with E-state index in [1.807, 2.05) is 36.4 Å². The Morgan fingerprint density at radius 1 is 0.404 bits per heavy atom. The van der Waals surface area contributed by atoms with Gasteiger partial charge in [0.2, 0.25) is 0 Å². The number of carbonyl (C=O) groups is 1. The van der Waals surface area contributed by atoms with Crippen molar-refractivity contribution in [1.82, 2.24) is 0 Å². The summed E-state index contributed by atoms with van der Waals surface area (Å²) in [5.74, 6) is 0.152. The van der Waals surface area contributed by atoms with Gasteiger partial charge in [0, 0.05) is 19.6 Å². The fraction of sp³-hybridized carbons (Fsp3) is 0.0682. The maximum atomic E-state index is 13.7. The lowest BCUT2D eigenvalue weighted by Crippen LogP contribution is -2.12. The summed E-state index contributed by atoms with van der Waals surface area (Å²) in [5, 5.41) is 0. The molecule has 7 rings (SSSR count). The van der Waals surface area contributed by atoms with Gasteiger partial charge in [-0.15, -0.1) is 0 Å². The van der Waals surface area contributed by atoms with Crippen LogP contribution in [0.1, 0.15) is 41.5 Å². The average Bonchev–Trinajstić information content (AvgIpc) is 3.15. The minimum atomic E-state index is 0.152. The Morgan fingerprint density at radius 3 is 1.00 bits per heavy atom. The summed E-state index contributed by atoms with van der Waals surface area (Å²) in [6.45, 7) is 0. The molecule has 0 radical (unpaired) electrons. The van der Waals surface area contributed by atoms with E-state index in [0.717, 1.165) is 41.6 Å². The monoisotopic (exact) mass is 642 g/mol. The summed E-state index contributed by atoms with van der Waals surface area (Å²) in [4.78, 5) is 18.6. The van der Waals surface area contributed by atoms with Crippen LogP contribution in [0.4, 0.5) is 0 Å². The maximum absolute atomic E-state index is 13.7. The number of Topliss-reactive ketones (excluding diaryl/α,β-unsaturated/α-hetero) is 1. The average molecular weight is 643 g/mol. The molecule has 1 aliphatic carbocycles. The van der Waals surface area contributed by atoms with Crippen LogP contribution in [0.3, 0.4) is 0 Å². The molecule has 1 fully saturated rings. The molecule has 1 saturated carbocycles. The highest BCUT2D eigenvalue weighted by Gasteiger charge is 2.21. The molecule has 0 unspecified atom stereocenters. The Kier molecular flexibility index (Phi) is 9.65. The second kappa shape index (κ2) is 14.7. The number of ketones is 1. The zero-order chi connectivity index (χ0) is 31.8. The number of hydrogen-bond donors (Lipinski definition) is 0. The molecule has 0 bridgehead atoms. The number of carbonyl (C=O) groups excluding carboxylic acids is 1. The highest BCUT2D eigenvalue weighted by Crippen LogP contribution is 2.45. The normalized spacial score (nSPS) is 18.3.